The molecule has 0 aliphatic rings. The second-order valence-corrected chi connectivity index (χ2v) is 5.75. The smallest absolute Gasteiger partial charge is 0.0767 e. The Balaban J connectivity index is 1.97. The second kappa shape index (κ2) is 7.73. The molecular formula is C16H22BrN3O. The highest BCUT2D eigenvalue weighted by Crippen LogP contribution is 2.22. The fourth-order valence-corrected chi connectivity index (χ4v) is 2.98. The lowest BCUT2D eigenvalue weighted by Gasteiger charge is -2.08. The van der Waals surface area contributed by atoms with Crippen molar-refractivity contribution in [1.29, 1.82) is 0 Å². The quantitative estimate of drug-likeness (QED) is 0.805. The fourth-order valence-electron chi connectivity index (χ4n) is 2.27. The van der Waals surface area contributed by atoms with E-state index in [0.29, 0.717) is 0 Å². The molecule has 0 aliphatic carbocycles. The van der Waals surface area contributed by atoms with Crippen molar-refractivity contribution in [2.24, 2.45) is 0 Å². The molecule has 0 saturated carbocycles. The van der Waals surface area contributed by atoms with Gasteiger partial charge in [0.1, 0.15) is 0 Å². The molecule has 5 heteroatoms. The van der Waals surface area contributed by atoms with Crippen molar-refractivity contribution in [3.63, 3.8) is 0 Å². The van der Waals surface area contributed by atoms with Crippen molar-refractivity contribution in [1.82, 2.24) is 15.1 Å². The third-order valence-electron chi connectivity index (χ3n) is 3.52. The first kappa shape index (κ1) is 16.2. The molecule has 0 spiro atoms. The zero-order chi connectivity index (χ0) is 15.2. The van der Waals surface area contributed by atoms with E-state index in [9.17, 15) is 0 Å². The summed E-state index contributed by atoms with van der Waals surface area (Å²) in [4.78, 5) is 0. The van der Waals surface area contributed by atoms with Gasteiger partial charge in [-0.15, -0.1) is 0 Å². The molecule has 0 radical (unpaired) electrons. The molecule has 1 heterocycles. The van der Waals surface area contributed by atoms with Crippen LogP contribution in [0.2, 0.25) is 0 Å². The summed E-state index contributed by atoms with van der Waals surface area (Å²) in [5.41, 5.74) is 4.46. The van der Waals surface area contributed by atoms with Gasteiger partial charge in [-0.1, -0.05) is 31.2 Å². The third-order valence-corrected chi connectivity index (χ3v) is 4.44. The molecule has 0 amide bonds. The van der Waals surface area contributed by atoms with Crippen LogP contribution in [-0.4, -0.2) is 14.9 Å². The molecule has 4 nitrogen and oxygen atoms in total. The largest absolute Gasteiger partial charge is 0.392 e. The number of aliphatic hydroxyl groups excluding tert-OH is 1. The molecule has 0 saturated heterocycles. The first-order valence-corrected chi connectivity index (χ1v) is 8.12. The minimum Gasteiger partial charge on any atom is -0.392 e. The average molecular weight is 352 g/mol. The van der Waals surface area contributed by atoms with E-state index >= 15 is 0 Å². The normalized spacial score (nSPS) is 11.0. The molecule has 0 atom stereocenters. The standard InChI is InChI=1S/C16H22BrN3O/c1-3-14-16(17)15(20(4-2)19-14)10-18-9-12-5-7-13(11-21)8-6-12/h5-8,18,21H,3-4,9-11H2,1-2H3. The molecule has 0 bridgehead atoms. The van der Waals surface area contributed by atoms with Gasteiger partial charge >= 0.3 is 0 Å². The van der Waals surface area contributed by atoms with Crippen LogP contribution in [0.25, 0.3) is 0 Å². The Bertz CT molecular complexity index is 578. The van der Waals surface area contributed by atoms with Crippen LogP contribution >= 0.6 is 15.9 Å². The molecule has 0 unspecified atom stereocenters. The van der Waals surface area contributed by atoms with Crippen LogP contribution in [0.4, 0.5) is 0 Å². The lowest BCUT2D eigenvalue weighted by molar-refractivity contribution is 0.282. The number of nitrogens with zero attached hydrogens (tertiary/aromatic N) is 2. The lowest BCUT2D eigenvalue weighted by atomic mass is 10.1. The molecule has 2 aromatic rings. The Hall–Kier alpha value is -1.17. The molecule has 0 fully saturated rings. The van der Waals surface area contributed by atoms with Gasteiger partial charge in [0.15, 0.2) is 0 Å². The highest BCUT2D eigenvalue weighted by Gasteiger charge is 2.13. The molecule has 0 aliphatic heterocycles. The van der Waals surface area contributed by atoms with E-state index in [2.05, 4.69) is 40.2 Å². The van der Waals surface area contributed by atoms with Gasteiger partial charge < -0.3 is 10.4 Å². The Morgan fingerprint density at radius 2 is 1.81 bits per heavy atom. The maximum atomic E-state index is 9.04. The zero-order valence-corrected chi connectivity index (χ0v) is 14.2. The number of aryl methyl sites for hydroxylation is 2. The number of benzene rings is 1. The van der Waals surface area contributed by atoms with Crippen LogP contribution in [0.15, 0.2) is 28.7 Å². The highest BCUT2D eigenvalue weighted by atomic mass is 79.9. The van der Waals surface area contributed by atoms with Crippen molar-refractivity contribution in [3.05, 3.63) is 51.3 Å². The van der Waals surface area contributed by atoms with Crippen molar-refractivity contribution in [2.75, 3.05) is 0 Å². The third kappa shape index (κ3) is 3.93. The number of rotatable bonds is 7. The molecule has 114 valence electrons. The Labute approximate surface area is 134 Å². The van der Waals surface area contributed by atoms with Crippen LogP contribution in [0.3, 0.4) is 0 Å². The molecule has 1 aromatic heterocycles. The summed E-state index contributed by atoms with van der Waals surface area (Å²) in [5, 5.41) is 17.1. The van der Waals surface area contributed by atoms with Gasteiger partial charge in [0, 0.05) is 19.6 Å². The number of aliphatic hydroxyl groups is 1. The topological polar surface area (TPSA) is 50.1 Å². The summed E-state index contributed by atoms with van der Waals surface area (Å²) in [6.07, 6.45) is 0.934. The summed E-state index contributed by atoms with van der Waals surface area (Å²) >= 11 is 3.66. The highest BCUT2D eigenvalue weighted by molar-refractivity contribution is 9.10. The van der Waals surface area contributed by atoms with E-state index < -0.39 is 0 Å². The number of aromatic nitrogens is 2. The fraction of sp³-hybridized carbons (Fsp3) is 0.438. The van der Waals surface area contributed by atoms with Crippen LogP contribution in [0.1, 0.15) is 36.4 Å². The molecule has 2 N–H and O–H groups in total. The lowest BCUT2D eigenvalue weighted by Crippen LogP contribution is -2.16. The van der Waals surface area contributed by atoms with E-state index in [-0.39, 0.29) is 6.61 Å². The van der Waals surface area contributed by atoms with Gasteiger partial charge in [-0.05, 0) is 40.4 Å². The summed E-state index contributed by atoms with van der Waals surface area (Å²) in [6, 6.07) is 8.00. The van der Waals surface area contributed by atoms with Crippen LogP contribution in [-0.2, 0) is 32.7 Å². The first-order chi connectivity index (χ1) is 10.2. The SMILES string of the molecule is CCc1nn(CC)c(CNCc2ccc(CO)cc2)c1Br. The van der Waals surface area contributed by atoms with Crippen molar-refractivity contribution >= 4 is 15.9 Å². The van der Waals surface area contributed by atoms with Crippen molar-refractivity contribution in [2.45, 2.75) is 46.5 Å². The maximum absolute atomic E-state index is 9.04. The molecule has 21 heavy (non-hydrogen) atoms. The van der Waals surface area contributed by atoms with Crippen LogP contribution < -0.4 is 5.32 Å². The summed E-state index contributed by atoms with van der Waals surface area (Å²) in [7, 11) is 0. The summed E-state index contributed by atoms with van der Waals surface area (Å²) in [5.74, 6) is 0. The Morgan fingerprint density at radius 1 is 1.14 bits per heavy atom. The van der Waals surface area contributed by atoms with Gasteiger partial charge in [-0.3, -0.25) is 4.68 Å². The number of hydrogen-bond donors (Lipinski definition) is 2. The average Bonchev–Trinajstić information content (AvgIpc) is 2.84. The summed E-state index contributed by atoms with van der Waals surface area (Å²) < 4.78 is 3.17. The predicted molar refractivity (Wildman–Crippen MR) is 87.9 cm³/mol. The van der Waals surface area contributed by atoms with Crippen molar-refractivity contribution in [3.8, 4) is 0 Å². The Kier molecular flexibility index (Phi) is 5.96. The Morgan fingerprint density at radius 3 is 2.38 bits per heavy atom. The van der Waals surface area contributed by atoms with E-state index in [1.165, 1.54) is 11.3 Å². The van der Waals surface area contributed by atoms with E-state index in [1.54, 1.807) is 0 Å². The van der Waals surface area contributed by atoms with Gasteiger partial charge in [0.05, 0.1) is 22.5 Å². The number of nitrogens with one attached hydrogen (secondary N) is 1. The monoisotopic (exact) mass is 351 g/mol. The number of halogens is 1. The predicted octanol–water partition coefficient (Wildman–Crippen LogP) is 3.01. The first-order valence-electron chi connectivity index (χ1n) is 7.33. The van der Waals surface area contributed by atoms with Crippen molar-refractivity contribution < 1.29 is 5.11 Å². The minimum atomic E-state index is 0.0934. The van der Waals surface area contributed by atoms with Crippen LogP contribution in [0.5, 0.6) is 0 Å². The van der Waals surface area contributed by atoms with Gasteiger partial charge in [-0.2, -0.15) is 5.10 Å². The van der Waals surface area contributed by atoms with E-state index in [0.717, 1.165) is 41.8 Å². The van der Waals surface area contributed by atoms with Gasteiger partial charge in [-0.25, -0.2) is 0 Å². The second-order valence-electron chi connectivity index (χ2n) is 4.95. The van der Waals surface area contributed by atoms with Crippen LogP contribution in [0, 0.1) is 0 Å². The van der Waals surface area contributed by atoms with E-state index in [4.69, 9.17) is 5.11 Å². The number of hydrogen-bond acceptors (Lipinski definition) is 3. The van der Waals surface area contributed by atoms with Gasteiger partial charge in [0.2, 0.25) is 0 Å². The molecule has 1 aromatic carbocycles. The molecular weight excluding hydrogens is 330 g/mol. The zero-order valence-electron chi connectivity index (χ0n) is 12.6. The van der Waals surface area contributed by atoms with Gasteiger partial charge in [0.25, 0.3) is 0 Å². The van der Waals surface area contributed by atoms with E-state index in [1.807, 2.05) is 28.9 Å². The summed E-state index contributed by atoms with van der Waals surface area (Å²) in [6.45, 7) is 6.78. The minimum absolute atomic E-state index is 0.0934. The molecule has 2 rings (SSSR count). The maximum Gasteiger partial charge on any atom is 0.0767 e.